The number of nitrogens with zero attached hydrogens (tertiary/aromatic N) is 2. The van der Waals surface area contributed by atoms with E-state index in [2.05, 4.69) is 60.8 Å². The topological polar surface area (TPSA) is 17.8 Å². The summed E-state index contributed by atoms with van der Waals surface area (Å²) < 4.78 is 2.24. The zero-order valence-electron chi connectivity index (χ0n) is 12.6. The smallest absolute Gasteiger partial charge is 0.0963 e. The second-order valence-corrected chi connectivity index (χ2v) is 5.64. The van der Waals surface area contributed by atoms with E-state index in [1.54, 1.807) is 0 Å². The number of pyridine rings is 1. The van der Waals surface area contributed by atoms with Gasteiger partial charge in [0.05, 0.1) is 16.6 Å². The molecule has 0 bridgehead atoms. The van der Waals surface area contributed by atoms with Crippen LogP contribution >= 0.6 is 0 Å². The number of aromatic nitrogens is 2. The van der Waals surface area contributed by atoms with E-state index in [-0.39, 0.29) is 0 Å². The normalized spacial score (nSPS) is 12.7. The molecule has 0 aliphatic rings. The first-order chi connectivity index (χ1) is 10.1. The van der Waals surface area contributed by atoms with E-state index in [4.69, 9.17) is 0 Å². The van der Waals surface area contributed by atoms with Gasteiger partial charge in [0.1, 0.15) is 0 Å². The molecule has 2 aromatic heterocycles. The molecule has 21 heavy (non-hydrogen) atoms. The Bertz CT molecular complexity index is 839. The molecule has 0 radical (unpaired) electrons. The summed E-state index contributed by atoms with van der Waals surface area (Å²) in [5.74, 6) is 0.350. The third kappa shape index (κ3) is 2.17. The van der Waals surface area contributed by atoms with Crippen LogP contribution in [0.3, 0.4) is 0 Å². The monoisotopic (exact) mass is 276 g/mol. The molecule has 0 amide bonds. The number of allylic oxidation sites excluding steroid dienone is 2. The van der Waals surface area contributed by atoms with Crippen LogP contribution in [-0.2, 0) is 0 Å². The molecular formula is C19H20N2. The number of benzene rings is 1. The van der Waals surface area contributed by atoms with E-state index in [9.17, 15) is 0 Å². The maximum atomic E-state index is 4.58. The van der Waals surface area contributed by atoms with Crippen LogP contribution in [0, 0.1) is 12.8 Å². The molecule has 0 spiro atoms. The SMILES string of the molecule is C=CCC(C)C(=C)n1c2ccc(C)cc2c2ncccc21. The maximum Gasteiger partial charge on any atom is 0.0963 e. The van der Waals surface area contributed by atoms with Gasteiger partial charge in [-0.05, 0) is 43.5 Å². The van der Waals surface area contributed by atoms with Gasteiger partial charge >= 0.3 is 0 Å². The van der Waals surface area contributed by atoms with E-state index >= 15 is 0 Å². The Hall–Kier alpha value is -2.35. The van der Waals surface area contributed by atoms with Crippen LogP contribution in [0.15, 0.2) is 55.8 Å². The molecule has 0 fully saturated rings. The summed E-state index contributed by atoms with van der Waals surface area (Å²) in [6.45, 7) is 12.5. The number of hydrogen-bond acceptors (Lipinski definition) is 1. The number of rotatable bonds is 4. The van der Waals surface area contributed by atoms with Crippen LogP contribution in [0.5, 0.6) is 0 Å². The predicted molar refractivity (Wildman–Crippen MR) is 91.3 cm³/mol. The van der Waals surface area contributed by atoms with Crippen molar-refractivity contribution in [1.82, 2.24) is 9.55 Å². The average Bonchev–Trinajstić information content (AvgIpc) is 2.80. The largest absolute Gasteiger partial charge is 0.312 e. The Labute approximate surface area is 125 Å². The first kappa shape index (κ1) is 13.6. The van der Waals surface area contributed by atoms with Crippen molar-refractivity contribution in [3.63, 3.8) is 0 Å². The lowest BCUT2D eigenvalue weighted by Gasteiger charge is -2.16. The van der Waals surface area contributed by atoms with Crippen molar-refractivity contribution in [3.05, 3.63) is 61.3 Å². The van der Waals surface area contributed by atoms with Crippen LogP contribution in [0.25, 0.3) is 27.6 Å². The molecule has 0 aliphatic heterocycles. The van der Waals surface area contributed by atoms with Gasteiger partial charge in [0.25, 0.3) is 0 Å². The third-order valence-electron chi connectivity index (χ3n) is 4.05. The molecule has 3 aromatic rings. The third-order valence-corrected chi connectivity index (χ3v) is 4.05. The standard InChI is InChI=1S/C19H20N2/c1-5-7-14(3)15(4)21-17-10-9-13(2)12-16(17)19-18(21)8-6-11-20-19/h5-6,8-12,14H,1,4,7H2,2-3H3. The molecule has 106 valence electrons. The van der Waals surface area contributed by atoms with Gasteiger partial charge in [-0.3, -0.25) is 4.98 Å². The van der Waals surface area contributed by atoms with Gasteiger partial charge in [-0.1, -0.05) is 31.2 Å². The van der Waals surface area contributed by atoms with Crippen LogP contribution in [0.2, 0.25) is 0 Å². The Morgan fingerprint density at radius 2 is 2.14 bits per heavy atom. The lowest BCUT2D eigenvalue weighted by molar-refractivity contribution is 0.735. The van der Waals surface area contributed by atoms with Crippen molar-refractivity contribution >= 4 is 27.6 Å². The molecule has 1 aromatic carbocycles. The van der Waals surface area contributed by atoms with Gasteiger partial charge < -0.3 is 4.57 Å². The van der Waals surface area contributed by atoms with E-state index in [0.717, 1.165) is 23.2 Å². The van der Waals surface area contributed by atoms with Gasteiger partial charge in [-0.25, -0.2) is 0 Å². The molecular weight excluding hydrogens is 256 g/mol. The van der Waals surface area contributed by atoms with E-state index in [0.29, 0.717) is 5.92 Å². The molecule has 0 saturated heterocycles. The van der Waals surface area contributed by atoms with E-state index in [1.165, 1.54) is 16.5 Å². The molecule has 0 saturated carbocycles. The summed E-state index contributed by atoms with van der Waals surface area (Å²) in [5, 5.41) is 1.19. The van der Waals surface area contributed by atoms with Crippen molar-refractivity contribution in [2.24, 2.45) is 5.92 Å². The minimum atomic E-state index is 0.350. The summed E-state index contributed by atoms with van der Waals surface area (Å²) in [4.78, 5) is 4.58. The average molecular weight is 276 g/mol. The molecule has 1 unspecified atom stereocenters. The van der Waals surface area contributed by atoms with E-state index < -0.39 is 0 Å². The summed E-state index contributed by atoms with van der Waals surface area (Å²) in [6, 6.07) is 10.6. The second-order valence-electron chi connectivity index (χ2n) is 5.64. The van der Waals surface area contributed by atoms with Crippen LogP contribution < -0.4 is 0 Å². The molecule has 3 rings (SSSR count). The second kappa shape index (κ2) is 5.21. The van der Waals surface area contributed by atoms with Gasteiger partial charge in [0.2, 0.25) is 0 Å². The molecule has 2 heteroatoms. The van der Waals surface area contributed by atoms with Gasteiger partial charge in [-0.15, -0.1) is 6.58 Å². The van der Waals surface area contributed by atoms with Crippen LogP contribution in [0.1, 0.15) is 18.9 Å². The fourth-order valence-corrected chi connectivity index (χ4v) is 2.86. The fourth-order valence-electron chi connectivity index (χ4n) is 2.86. The first-order valence-electron chi connectivity index (χ1n) is 7.29. The van der Waals surface area contributed by atoms with Crippen molar-refractivity contribution in [2.45, 2.75) is 20.3 Å². The van der Waals surface area contributed by atoms with Crippen LogP contribution in [-0.4, -0.2) is 9.55 Å². The maximum absolute atomic E-state index is 4.58. The van der Waals surface area contributed by atoms with E-state index in [1.807, 2.05) is 18.3 Å². The van der Waals surface area contributed by atoms with Crippen molar-refractivity contribution in [2.75, 3.05) is 0 Å². The van der Waals surface area contributed by atoms with Gasteiger partial charge in [0, 0.05) is 17.3 Å². The highest BCUT2D eigenvalue weighted by Gasteiger charge is 2.16. The zero-order valence-corrected chi connectivity index (χ0v) is 12.6. The quantitative estimate of drug-likeness (QED) is 0.600. The number of aryl methyl sites for hydroxylation is 1. The number of hydrogen-bond donors (Lipinski definition) is 0. The van der Waals surface area contributed by atoms with Gasteiger partial charge in [-0.2, -0.15) is 0 Å². The minimum absolute atomic E-state index is 0.350. The highest BCUT2D eigenvalue weighted by atomic mass is 15.0. The summed E-state index contributed by atoms with van der Waals surface area (Å²) in [7, 11) is 0. The molecule has 0 aliphatic carbocycles. The highest BCUT2D eigenvalue weighted by molar-refractivity contribution is 6.08. The minimum Gasteiger partial charge on any atom is -0.312 e. The lowest BCUT2D eigenvalue weighted by Crippen LogP contribution is -2.04. The van der Waals surface area contributed by atoms with Crippen LogP contribution in [0.4, 0.5) is 0 Å². The summed E-state index contributed by atoms with van der Waals surface area (Å²) in [6.07, 6.45) is 4.72. The summed E-state index contributed by atoms with van der Waals surface area (Å²) >= 11 is 0. The van der Waals surface area contributed by atoms with Crippen molar-refractivity contribution in [3.8, 4) is 0 Å². The Balaban J connectivity index is 2.33. The Morgan fingerprint density at radius 3 is 2.90 bits per heavy atom. The van der Waals surface area contributed by atoms with Crippen molar-refractivity contribution < 1.29 is 0 Å². The first-order valence-corrected chi connectivity index (χ1v) is 7.29. The predicted octanol–water partition coefficient (Wildman–Crippen LogP) is 5.18. The fraction of sp³-hybridized carbons (Fsp3) is 0.211. The molecule has 2 nitrogen and oxygen atoms in total. The number of fused-ring (bicyclic) bond motifs is 3. The Kier molecular flexibility index (Phi) is 3.38. The molecule has 2 heterocycles. The molecule has 1 atom stereocenters. The zero-order chi connectivity index (χ0) is 15.0. The molecule has 0 N–H and O–H groups in total. The highest BCUT2D eigenvalue weighted by Crippen LogP contribution is 2.33. The summed E-state index contributed by atoms with van der Waals surface area (Å²) in [5.41, 5.74) is 5.68. The van der Waals surface area contributed by atoms with Gasteiger partial charge in [0.15, 0.2) is 0 Å². The van der Waals surface area contributed by atoms with Crippen molar-refractivity contribution in [1.29, 1.82) is 0 Å². The Morgan fingerprint density at radius 1 is 1.33 bits per heavy atom. The lowest BCUT2D eigenvalue weighted by atomic mass is 10.0.